The Bertz CT molecular complexity index is 496. The average molecular weight is 319 g/mol. The molecule has 1 fully saturated rings. The van der Waals surface area contributed by atoms with Crippen LogP contribution in [0.25, 0.3) is 0 Å². The Morgan fingerprint density at radius 1 is 1.30 bits per heavy atom. The second-order valence-electron chi connectivity index (χ2n) is 7.68. The molecule has 0 unspecified atom stereocenters. The van der Waals surface area contributed by atoms with Gasteiger partial charge < -0.3 is 9.47 Å². The number of allylic oxidation sites excluding steroid dienone is 4. The van der Waals surface area contributed by atoms with Gasteiger partial charge in [0.1, 0.15) is 0 Å². The van der Waals surface area contributed by atoms with Gasteiger partial charge in [0.2, 0.25) is 0 Å². The molecule has 0 aromatic rings. The minimum absolute atomic E-state index is 0.182. The van der Waals surface area contributed by atoms with E-state index in [4.69, 9.17) is 9.47 Å². The lowest BCUT2D eigenvalue weighted by molar-refractivity contribution is -0.220. The molecule has 0 N–H and O–H groups in total. The molecular weight excluding hydrogens is 284 g/mol. The largest absolute Gasteiger partial charge is 0.353 e. The fourth-order valence-corrected chi connectivity index (χ4v) is 3.91. The van der Waals surface area contributed by atoms with Crippen LogP contribution in [0.5, 0.6) is 0 Å². The summed E-state index contributed by atoms with van der Waals surface area (Å²) >= 11 is 0. The Labute approximate surface area is 142 Å². The average Bonchev–Trinajstić information content (AvgIpc) is 2.75. The fourth-order valence-electron chi connectivity index (χ4n) is 3.91. The van der Waals surface area contributed by atoms with Gasteiger partial charge in [-0.15, -0.1) is 0 Å². The van der Waals surface area contributed by atoms with Crippen molar-refractivity contribution in [3.63, 3.8) is 0 Å². The zero-order chi connectivity index (χ0) is 17.0. The van der Waals surface area contributed by atoms with Gasteiger partial charge >= 0.3 is 0 Å². The molecule has 23 heavy (non-hydrogen) atoms. The first-order chi connectivity index (χ1) is 10.9. The number of ether oxygens (including phenoxy) is 2. The van der Waals surface area contributed by atoms with E-state index < -0.39 is 5.79 Å². The SMILES string of the molecule is CO[C@@]1(CC=C(C)C)O[C@@H]2/C=C(\C)CC/C=C(\C)CC[C@@H]2[C@H]1C. The van der Waals surface area contributed by atoms with Crippen molar-refractivity contribution < 1.29 is 9.47 Å². The molecular formula is C21H34O2. The van der Waals surface area contributed by atoms with Gasteiger partial charge in [-0.1, -0.05) is 41.9 Å². The standard InChI is InChI=1S/C21H34O2/c1-15(2)12-13-21(22-6)18(5)19-11-10-16(3)8-7-9-17(4)14-20(19)23-21/h8,12,14,18-20H,7,9-11,13H2,1-6H3/b16-8+,17-14+/t18-,19-,20-,21+/m1/s1. The second kappa shape index (κ2) is 7.81. The highest BCUT2D eigenvalue weighted by molar-refractivity contribution is 5.13. The lowest BCUT2D eigenvalue weighted by Crippen LogP contribution is -2.37. The van der Waals surface area contributed by atoms with Crippen LogP contribution in [0.2, 0.25) is 0 Å². The molecule has 130 valence electrons. The van der Waals surface area contributed by atoms with Crippen LogP contribution in [0.1, 0.15) is 66.7 Å². The summed E-state index contributed by atoms with van der Waals surface area (Å²) in [5.41, 5.74) is 4.28. The predicted molar refractivity (Wildman–Crippen MR) is 97.3 cm³/mol. The van der Waals surface area contributed by atoms with E-state index in [9.17, 15) is 0 Å². The van der Waals surface area contributed by atoms with Crippen LogP contribution in [0.3, 0.4) is 0 Å². The minimum atomic E-state index is -0.477. The number of fused-ring (bicyclic) bond motifs is 1. The maximum Gasteiger partial charge on any atom is 0.175 e. The van der Waals surface area contributed by atoms with Crippen LogP contribution in [0.4, 0.5) is 0 Å². The summed E-state index contributed by atoms with van der Waals surface area (Å²) < 4.78 is 12.5. The van der Waals surface area contributed by atoms with E-state index in [1.165, 1.54) is 29.6 Å². The zero-order valence-corrected chi connectivity index (χ0v) is 15.8. The van der Waals surface area contributed by atoms with E-state index in [0.717, 1.165) is 19.3 Å². The first kappa shape index (κ1) is 18.5. The smallest absolute Gasteiger partial charge is 0.175 e. The summed E-state index contributed by atoms with van der Waals surface area (Å²) in [6.07, 6.45) is 12.7. The first-order valence-electron chi connectivity index (χ1n) is 9.07. The molecule has 1 aliphatic heterocycles. The molecule has 1 heterocycles. The normalized spacial score (nSPS) is 39.7. The van der Waals surface area contributed by atoms with Crippen LogP contribution in [0.15, 0.2) is 34.9 Å². The lowest BCUT2D eigenvalue weighted by atomic mass is 9.80. The Morgan fingerprint density at radius 3 is 2.70 bits per heavy atom. The third-order valence-corrected chi connectivity index (χ3v) is 5.59. The van der Waals surface area contributed by atoms with E-state index in [-0.39, 0.29) is 6.10 Å². The number of methoxy groups -OCH3 is 1. The van der Waals surface area contributed by atoms with Gasteiger partial charge in [-0.05, 0) is 59.3 Å². The molecule has 1 aliphatic carbocycles. The van der Waals surface area contributed by atoms with Crippen molar-refractivity contribution >= 4 is 0 Å². The Morgan fingerprint density at radius 2 is 2.04 bits per heavy atom. The third kappa shape index (κ3) is 4.36. The number of rotatable bonds is 3. The molecule has 0 aromatic heterocycles. The molecule has 0 saturated carbocycles. The first-order valence-corrected chi connectivity index (χ1v) is 9.07. The topological polar surface area (TPSA) is 18.5 Å². The molecule has 2 heteroatoms. The summed E-state index contributed by atoms with van der Waals surface area (Å²) in [5.74, 6) is 0.441. The van der Waals surface area contributed by atoms with Crippen molar-refractivity contribution in [3.05, 3.63) is 34.9 Å². The summed E-state index contributed by atoms with van der Waals surface area (Å²) in [6.45, 7) is 11.1. The van der Waals surface area contributed by atoms with E-state index in [1.807, 2.05) is 0 Å². The van der Waals surface area contributed by atoms with E-state index in [1.54, 1.807) is 7.11 Å². The predicted octanol–water partition coefficient (Wildman–Crippen LogP) is 5.80. The molecule has 4 atom stereocenters. The summed E-state index contributed by atoms with van der Waals surface area (Å²) in [5, 5.41) is 0. The van der Waals surface area contributed by atoms with Crippen LogP contribution in [0, 0.1) is 11.8 Å². The second-order valence-corrected chi connectivity index (χ2v) is 7.68. The summed E-state index contributed by atoms with van der Waals surface area (Å²) in [6, 6.07) is 0. The number of hydrogen-bond donors (Lipinski definition) is 0. The molecule has 0 bridgehead atoms. The molecule has 2 aliphatic rings. The van der Waals surface area contributed by atoms with Gasteiger partial charge in [-0.2, -0.15) is 0 Å². The summed E-state index contributed by atoms with van der Waals surface area (Å²) in [7, 11) is 1.80. The molecule has 1 saturated heterocycles. The Hall–Kier alpha value is -0.860. The maximum absolute atomic E-state index is 6.54. The van der Waals surface area contributed by atoms with Gasteiger partial charge in [0.05, 0.1) is 6.10 Å². The third-order valence-electron chi connectivity index (χ3n) is 5.59. The molecule has 0 aromatic carbocycles. The van der Waals surface area contributed by atoms with E-state index in [2.05, 4.69) is 52.8 Å². The molecule has 0 radical (unpaired) electrons. The molecule has 2 nitrogen and oxygen atoms in total. The van der Waals surface area contributed by atoms with Gasteiger partial charge in [-0.25, -0.2) is 0 Å². The highest BCUT2D eigenvalue weighted by Crippen LogP contribution is 2.47. The zero-order valence-electron chi connectivity index (χ0n) is 15.8. The van der Waals surface area contributed by atoms with Crippen molar-refractivity contribution in [2.45, 2.75) is 78.6 Å². The van der Waals surface area contributed by atoms with Crippen LogP contribution >= 0.6 is 0 Å². The van der Waals surface area contributed by atoms with Crippen molar-refractivity contribution in [1.82, 2.24) is 0 Å². The van der Waals surface area contributed by atoms with Gasteiger partial charge in [0.15, 0.2) is 5.79 Å². The lowest BCUT2D eigenvalue weighted by Gasteiger charge is -2.31. The van der Waals surface area contributed by atoms with E-state index >= 15 is 0 Å². The van der Waals surface area contributed by atoms with Crippen molar-refractivity contribution in [3.8, 4) is 0 Å². The van der Waals surface area contributed by atoms with Gasteiger partial charge in [0, 0.05) is 19.4 Å². The molecule has 0 amide bonds. The molecule has 2 rings (SSSR count). The highest BCUT2D eigenvalue weighted by Gasteiger charge is 2.51. The van der Waals surface area contributed by atoms with Crippen LogP contribution in [-0.2, 0) is 9.47 Å². The van der Waals surface area contributed by atoms with Crippen LogP contribution < -0.4 is 0 Å². The van der Waals surface area contributed by atoms with Crippen molar-refractivity contribution in [1.29, 1.82) is 0 Å². The van der Waals surface area contributed by atoms with Gasteiger partial charge in [0.25, 0.3) is 0 Å². The monoisotopic (exact) mass is 318 g/mol. The van der Waals surface area contributed by atoms with Crippen molar-refractivity contribution in [2.75, 3.05) is 7.11 Å². The fraction of sp³-hybridized carbons (Fsp3) is 0.714. The van der Waals surface area contributed by atoms with Crippen LogP contribution in [-0.4, -0.2) is 19.0 Å². The minimum Gasteiger partial charge on any atom is -0.353 e. The van der Waals surface area contributed by atoms with Gasteiger partial charge in [-0.3, -0.25) is 0 Å². The maximum atomic E-state index is 6.54. The Balaban J connectivity index is 2.29. The quantitative estimate of drug-likeness (QED) is 0.612. The van der Waals surface area contributed by atoms with E-state index in [0.29, 0.717) is 11.8 Å². The summed E-state index contributed by atoms with van der Waals surface area (Å²) in [4.78, 5) is 0. The Kier molecular flexibility index (Phi) is 6.27. The van der Waals surface area contributed by atoms with Crippen molar-refractivity contribution in [2.24, 2.45) is 11.8 Å². The highest BCUT2D eigenvalue weighted by atomic mass is 16.7. The number of hydrogen-bond acceptors (Lipinski definition) is 2. The molecule has 0 spiro atoms.